The zero-order valence-electron chi connectivity index (χ0n) is 11.2. The summed E-state index contributed by atoms with van der Waals surface area (Å²) < 4.78 is 0. The molecule has 0 bridgehead atoms. The van der Waals surface area contributed by atoms with Gasteiger partial charge in [0.25, 0.3) is 0 Å². The monoisotopic (exact) mass is 231 g/mol. The number of rotatable bonds is 10. The number of nitrogens with two attached hydrogens (primary N) is 2. The lowest BCUT2D eigenvalue weighted by molar-refractivity contribution is 0.117. The molecule has 0 unspecified atom stereocenters. The molecule has 0 aromatic carbocycles. The van der Waals surface area contributed by atoms with Crippen molar-refractivity contribution in [2.45, 2.75) is 12.8 Å². The molecule has 0 aliphatic rings. The molecule has 16 heavy (non-hydrogen) atoms. The van der Waals surface area contributed by atoms with E-state index in [1.807, 2.05) is 0 Å². The summed E-state index contributed by atoms with van der Waals surface area (Å²) in [6.07, 6.45) is 2.13. The minimum Gasteiger partial charge on any atom is -0.330 e. The lowest BCUT2D eigenvalue weighted by atomic mass is 10.4. The summed E-state index contributed by atoms with van der Waals surface area (Å²) in [5.41, 5.74) is 11.0. The van der Waals surface area contributed by atoms with Gasteiger partial charge in [-0.25, -0.2) is 0 Å². The lowest BCUT2D eigenvalue weighted by Crippen LogP contribution is -2.40. The maximum Gasteiger partial charge on any atom is 0.0512 e. The Morgan fingerprint density at radius 1 is 0.688 bits per heavy atom. The summed E-state index contributed by atoms with van der Waals surface area (Å²) in [6, 6.07) is 0. The molecule has 0 aliphatic heterocycles. The quantitative estimate of drug-likeness (QED) is 0.491. The Morgan fingerprint density at radius 3 is 1.38 bits per heavy atom. The smallest absolute Gasteiger partial charge is 0.0512 e. The van der Waals surface area contributed by atoms with Gasteiger partial charge in [0.05, 0.1) is 13.3 Å². The van der Waals surface area contributed by atoms with Crippen molar-refractivity contribution in [1.29, 1.82) is 0 Å². The third-order valence-electron chi connectivity index (χ3n) is 2.45. The van der Waals surface area contributed by atoms with E-state index in [4.69, 9.17) is 11.5 Å². The van der Waals surface area contributed by atoms with Crippen molar-refractivity contribution in [2.75, 3.05) is 60.7 Å². The molecule has 0 radical (unpaired) electrons. The molecule has 0 aromatic rings. The highest BCUT2D eigenvalue weighted by molar-refractivity contribution is 4.55. The van der Waals surface area contributed by atoms with Crippen LogP contribution in [0.25, 0.3) is 0 Å². The summed E-state index contributed by atoms with van der Waals surface area (Å²) in [6.45, 7) is 5.62. The van der Waals surface area contributed by atoms with Crippen molar-refractivity contribution in [1.82, 2.24) is 14.7 Å². The van der Waals surface area contributed by atoms with Crippen LogP contribution in [-0.4, -0.2) is 75.4 Å². The average molecular weight is 231 g/mol. The molecule has 0 rings (SSSR count). The van der Waals surface area contributed by atoms with E-state index < -0.39 is 0 Å². The van der Waals surface area contributed by atoms with Gasteiger partial charge in [-0.3, -0.25) is 14.7 Å². The van der Waals surface area contributed by atoms with Crippen LogP contribution in [0.5, 0.6) is 0 Å². The molecular weight excluding hydrogens is 202 g/mol. The first kappa shape index (κ1) is 15.8. The van der Waals surface area contributed by atoms with Gasteiger partial charge in [0, 0.05) is 13.1 Å². The zero-order chi connectivity index (χ0) is 12.4. The summed E-state index contributed by atoms with van der Waals surface area (Å²) >= 11 is 0. The van der Waals surface area contributed by atoms with Crippen LogP contribution >= 0.6 is 0 Å². The molecule has 0 saturated heterocycles. The van der Waals surface area contributed by atoms with Crippen LogP contribution in [0, 0.1) is 0 Å². The summed E-state index contributed by atoms with van der Waals surface area (Å²) in [5.74, 6) is 0. The fourth-order valence-electron chi connectivity index (χ4n) is 1.73. The van der Waals surface area contributed by atoms with E-state index >= 15 is 0 Å². The van der Waals surface area contributed by atoms with Crippen molar-refractivity contribution in [3.05, 3.63) is 0 Å². The van der Waals surface area contributed by atoms with Gasteiger partial charge < -0.3 is 11.5 Å². The highest BCUT2D eigenvalue weighted by Gasteiger charge is 2.05. The SMILES string of the molecule is CN(CCCN)CN(C)CN(C)CCCN. The average Bonchev–Trinajstić information content (AvgIpc) is 2.23. The lowest BCUT2D eigenvalue weighted by Gasteiger charge is -2.28. The Hall–Kier alpha value is -0.200. The molecule has 0 atom stereocenters. The Labute approximate surface area is 100 Å². The number of nitrogens with zero attached hydrogens (tertiary/aromatic N) is 3. The Morgan fingerprint density at radius 2 is 1.06 bits per heavy atom. The van der Waals surface area contributed by atoms with Crippen LogP contribution in [0.1, 0.15) is 12.8 Å². The standard InChI is InChI=1S/C11H29N5/c1-14(8-4-6-12)10-16(3)11-15(2)9-5-7-13/h4-13H2,1-3H3. The topological polar surface area (TPSA) is 61.8 Å². The highest BCUT2D eigenvalue weighted by atomic mass is 15.4. The van der Waals surface area contributed by atoms with E-state index in [9.17, 15) is 0 Å². The summed E-state index contributed by atoms with van der Waals surface area (Å²) in [4.78, 5) is 6.89. The molecule has 0 amide bonds. The van der Waals surface area contributed by atoms with E-state index in [0.717, 1.165) is 52.4 Å². The van der Waals surface area contributed by atoms with Gasteiger partial charge in [0.2, 0.25) is 0 Å². The minimum absolute atomic E-state index is 0.768. The van der Waals surface area contributed by atoms with E-state index in [-0.39, 0.29) is 0 Å². The maximum atomic E-state index is 5.48. The van der Waals surface area contributed by atoms with Crippen molar-refractivity contribution in [2.24, 2.45) is 11.5 Å². The van der Waals surface area contributed by atoms with Crippen LogP contribution in [0.4, 0.5) is 0 Å². The second-order valence-electron chi connectivity index (χ2n) is 4.58. The molecule has 0 spiro atoms. The molecule has 5 nitrogen and oxygen atoms in total. The molecule has 0 fully saturated rings. The number of hydrogen-bond donors (Lipinski definition) is 2. The normalized spacial score (nSPS) is 12.0. The molecule has 0 aromatic heterocycles. The van der Waals surface area contributed by atoms with E-state index in [1.165, 1.54) is 0 Å². The Kier molecular flexibility index (Phi) is 9.86. The Balaban J connectivity index is 3.58. The highest BCUT2D eigenvalue weighted by Crippen LogP contribution is 1.93. The number of hydrogen-bond acceptors (Lipinski definition) is 5. The van der Waals surface area contributed by atoms with Crippen LogP contribution in [0.3, 0.4) is 0 Å². The largest absolute Gasteiger partial charge is 0.330 e. The molecular formula is C11H29N5. The van der Waals surface area contributed by atoms with Crippen molar-refractivity contribution < 1.29 is 0 Å². The van der Waals surface area contributed by atoms with Gasteiger partial charge in [0.15, 0.2) is 0 Å². The van der Waals surface area contributed by atoms with E-state index in [1.54, 1.807) is 0 Å². The van der Waals surface area contributed by atoms with Gasteiger partial charge in [-0.05, 0) is 47.1 Å². The molecule has 4 N–H and O–H groups in total. The van der Waals surface area contributed by atoms with Gasteiger partial charge in [-0.15, -0.1) is 0 Å². The van der Waals surface area contributed by atoms with Gasteiger partial charge in [0.1, 0.15) is 0 Å². The second-order valence-corrected chi connectivity index (χ2v) is 4.58. The fraction of sp³-hybridized carbons (Fsp3) is 1.00. The van der Waals surface area contributed by atoms with Gasteiger partial charge in [-0.2, -0.15) is 0 Å². The van der Waals surface area contributed by atoms with Crippen LogP contribution < -0.4 is 11.5 Å². The van der Waals surface area contributed by atoms with Crippen LogP contribution in [0.15, 0.2) is 0 Å². The first-order valence-electron chi connectivity index (χ1n) is 6.06. The molecule has 0 aliphatic carbocycles. The van der Waals surface area contributed by atoms with Crippen molar-refractivity contribution >= 4 is 0 Å². The van der Waals surface area contributed by atoms with E-state index in [2.05, 4.69) is 35.8 Å². The predicted molar refractivity (Wildman–Crippen MR) is 70.1 cm³/mol. The molecule has 98 valence electrons. The van der Waals surface area contributed by atoms with Crippen LogP contribution in [-0.2, 0) is 0 Å². The fourth-order valence-corrected chi connectivity index (χ4v) is 1.73. The zero-order valence-corrected chi connectivity index (χ0v) is 11.2. The van der Waals surface area contributed by atoms with Crippen molar-refractivity contribution in [3.8, 4) is 0 Å². The van der Waals surface area contributed by atoms with Crippen LogP contribution in [0.2, 0.25) is 0 Å². The van der Waals surface area contributed by atoms with Crippen molar-refractivity contribution in [3.63, 3.8) is 0 Å². The van der Waals surface area contributed by atoms with Gasteiger partial charge in [-0.1, -0.05) is 0 Å². The second kappa shape index (κ2) is 9.99. The first-order chi connectivity index (χ1) is 7.60. The molecule has 5 heteroatoms. The maximum absolute atomic E-state index is 5.48. The third-order valence-corrected chi connectivity index (χ3v) is 2.45. The Bertz CT molecular complexity index is 137. The third kappa shape index (κ3) is 9.06. The summed E-state index contributed by atoms with van der Waals surface area (Å²) in [5, 5.41) is 0. The first-order valence-corrected chi connectivity index (χ1v) is 6.06. The predicted octanol–water partition coefficient (Wildman–Crippen LogP) is -0.606. The van der Waals surface area contributed by atoms with Gasteiger partial charge >= 0.3 is 0 Å². The minimum atomic E-state index is 0.768. The van der Waals surface area contributed by atoms with E-state index in [0.29, 0.717) is 0 Å². The molecule has 0 saturated carbocycles. The molecule has 0 heterocycles. The summed E-state index contributed by atoms with van der Waals surface area (Å²) in [7, 11) is 6.40.